The number of carbonyl (C=O) groups excluding carboxylic acids is 1. The van der Waals surface area contributed by atoms with E-state index < -0.39 is 21.5 Å². The average molecular weight is 279 g/mol. The van der Waals surface area contributed by atoms with Crippen LogP contribution in [0.1, 0.15) is 6.42 Å². The number of sulfone groups is 1. The van der Waals surface area contributed by atoms with E-state index in [1.165, 1.54) is 0 Å². The van der Waals surface area contributed by atoms with Crippen molar-refractivity contribution in [3.8, 4) is 0 Å². The zero-order valence-electron chi connectivity index (χ0n) is 9.25. The highest BCUT2D eigenvalue weighted by Gasteiger charge is 2.14. The SMILES string of the molecule is NC(=O)CS(=O)(=O)CCC[n+]1ccccc1.[Cl-]. The van der Waals surface area contributed by atoms with E-state index in [2.05, 4.69) is 0 Å². The van der Waals surface area contributed by atoms with Crippen LogP contribution in [0.25, 0.3) is 0 Å². The van der Waals surface area contributed by atoms with Crippen molar-refractivity contribution in [1.82, 2.24) is 0 Å². The third-order valence-electron chi connectivity index (χ3n) is 2.01. The van der Waals surface area contributed by atoms with Crippen molar-refractivity contribution in [3.63, 3.8) is 0 Å². The van der Waals surface area contributed by atoms with Crippen LogP contribution >= 0.6 is 0 Å². The number of aryl methyl sites for hydroxylation is 1. The molecule has 0 fully saturated rings. The quantitative estimate of drug-likeness (QED) is 0.543. The number of nitrogens with two attached hydrogens (primary N) is 1. The third kappa shape index (κ3) is 6.91. The number of hydrogen-bond donors (Lipinski definition) is 1. The van der Waals surface area contributed by atoms with Gasteiger partial charge < -0.3 is 18.1 Å². The van der Waals surface area contributed by atoms with E-state index in [0.29, 0.717) is 13.0 Å². The number of halogens is 1. The summed E-state index contributed by atoms with van der Waals surface area (Å²) in [5.74, 6) is -1.38. The van der Waals surface area contributed by atoms with Crippen molar-refractivity contribution >= 4 is 15.7 Å². The minimum atomic E-state index is -3.34. The van der Waals surface area contributed by atoms with E-state index in [-0.39, 0.29) is 18.2 Å². The smallest absolute Gasteiger partial charge is 0.232 e. The standard InChI is InChI=1S/C10H14N2O3S.ClH/c11-10(13)9-16(14,15)8-4-7-12-5-2-1-3-6-12;/h1-3,5-6H,4,7-9H2,(H-,11,13);1H. The van der Waals surface area contributed by atoms with Crippen LogP contribution in [0.15, 0.2) is 30.6 Å². The van der Waals surface area contributed by atoms with Gasteiger partial charge in [0.05, 0.1) is 5.75 Å². The van der Waals surface area contributed by atoms with E-state index in [4.69, 9.17) is 5.73 Å². The third-order valence-corrected chi connectivity index (χ3v) is 3.65. The first kappa shape index (κ1) is 15.9. The molecule has 0 aliphatic heterocycles. The van der Waals surface area contributed by atoms with Gasteiger partial charge in [0.25, 0.3) is 0 Å². The molecule has 1 amide bonds. The number of pyridine rings is 1. The molecule has 0 bridgehead atoms. The molecule has 0 radical (unpaired) electrons. The molecule has 1 rings (SSSR count). The van der Waals surface area contributed by atoms with Crippen molar-refractivity contribution in [1.29, 1.82) is 0 Å². The van der Waals surface area contributed by atoms with Gasteiger partial charge in [0.15, 0.2) is 22.2 Å². The molecule has 0 saturated carbocycles. The molecular formula is C10H15ClN2O3S. The van der Waals surface area contributed by atoms with Crippen molar-refractivity contribution in [2.45, 2.75) is 13.0 Å². The molecule has 0 aliphatic rings. The first-order chi connectivity index (χ1) is 7.49. The summed E-state index contributed by atoms with van der Waals surface area (Å²) in [6, 6.07) is 5.64. The van der Waals surface area contributed by atoms with Gasteiger partial charge in [-0.1, -0.05) is 6.07 Å². The number of hydrogen-bond acceptors (Lipinski definition) is 3. The lowest BCUT2D eigenvalue weighted by atomic mass is 10.4. The summed E-state index contributed by atoms with van der Waals surface area (Å²) in [5, 5.41) is 0. The molecule has 1 aromatic heterocycles. The molecule has 0 spiro atoms. The largest absolute Gasteiger partial charge is 1.00 e. The summed E-state index contributed by atoms with van der Waals surface area (Å²) in [6.45, 7) is 0.610. The van der Waals surface area contributed by atoms with Gasteiger partial charge in [0.2, 0.25) is 5.91 Å². The molecule has 1 aromatic rings. The van der Waals surface area contributed by atoms with Gasteiger partial charge in [-0.05, 0) is 0 Å². The number of rotatable bonds is 6. The average Bonchev–Trinajstić information content (AvgIpc) is 2.16. The molecule has 0 unspecified atom stereocenters. The maximum Gasteiger partial charge on any atom is 0.232 e. The van der Waals surface area contributed by atoms with Gasteiger partial charge in [-0.2, -0.15) is 0 Å². The number of nitrogens with zero attached hydrogens (tertiary/aromatic N) is 1. The van der Waals surface area contributed by atoms with Crippen LogP contribution in [0, 0.1) is 0 Å². The molecule has 0 aromatic carbocycles. The Labute approximate surface area is 107 Å². The van der Waals surface area contributed by atoms with E-state index >= 15 is 0 Å². The van der Waals surface area contributed by atoms with Crippen molar-refractivity contribution < 1.29 is 30.2 Å². The second kappa shape index (κ2) is 7.24. The fourth-order valence-electron chi connectivity index (χ4n) is 1.34. The first-order valence-corrected chi connectivity index (χ1v) is 6.74. The van der Waals surface area contributed by atoms with Crippen LogP contribution in [0.4, 0.5) is 0 Å². The van der Waals surface area contributed by atoms with Crippen LogP contribution < -0.4 is 22.7 Å². The monoisotopic (exact) mass is 278 g/mol. The van der Waals surface area contributed by atoms with Crippen LogP contribution in [0.3, 0.4) is 0 Å². The van der Waals surface area contributed by atoms with Crippen LogP contribution in [-0.2, 0) is 21.2 Å². The topological polar surface area (TPSA) is 81.1 Å². The molecule has 0 aliphatic carbocycles. The van der Waals surface area contributed by atoms with E-state index in [9.17, 15) is 13.2 Å². The van der Waals surface area contributed by atoms with Gasteiger partial charge >= 0.3 is 0 Å². The van der Waals surface area contributed by atoms with Gasteiger partial charge in [-0.3, -0.25) is 4.79 Å². The van der Waals surface area contributed by atoms with Gasteiger partial charge in [-0.25, -0.2) is 13.0 Å². The van der Waals surface area contributed by atoms with E-state index in [0.717, 1.165) is 0 Å². The number of carbonyl (C=O) groups is 1. The second-order valence-electron chi connectivity index (χ2n) is 3.53. The Morgan fingerprint density at radius 1 is 1.18 bits per heavy atom. The molecule has 96 valence electrons. The second-order valence-corrected chi connectivity index (χ2v) is 5.71. The zero-order chi connectivity index (χ0) is 12.0. The van der Waals surface area contributed by atoms with Crippen LogP contribution in [-0.4, -0.2) is 25.8 Å². The maximum atomic E-state index is 11.3. The minimum absolute atomic E-state index is 0. The Morgan fingerprint density at radius 3 is 2.29 bits per heavy atom. The minimum Gasteiger partial charge on any atom is -1.00 e. The Morgan fingerprint density at radius 2 is 1.76 bits per heavy atom. The highest BCUT2D eigenvalue weighted by molar-refractivity contribution is 7.92. The summed E-state index contributed by atoms with van der Waals surface area (Å²) < 4.78 is 24.5. The molecule has 2 N–H and O–H groups in total. The summed E-state index contributed by atoms with van der Waals surface area (Å²) in [6.07, 6.45) is 4.20. The lowest BCUT2D eigenvalue weighted by Crippen LogP contribution is -3.00. The molecule has 0 atom stereocenters. The fraction of sp³-hybridized carbons (Fsp3) is 0.400. The predicted molar refractivity (Wildman–Crippen MR) is 59.1 cm³/mol. The van der Waals surface area contributed by atoms with Gasteiger partial charge in [0.1, 0.15) is 12.3 Å². The number of amides is 1. The highest BCUT2D eigenvalue weighted by atomic mass is 35.5. The Bertz CT molecular complexity index is 448. The number of primary amides is 1. The highest BCUT2D eigenvalue weighted by Crippen LogP contribution is 1.93. The predicted octanol–water partition coefficient (Wildman–Crippen LogP) is -3.73. The summed E-state index contributed by atoms with van der Waals surface area (Å²) >= 11 is 0. The first-order valence-electron chi connectivity index (χ1n) is 4.92. The normalized spacial score (nSPS) is 10.6. The van der Waals surface area contributed by atoms with Crippen molar-refractivity contribution in [3.05, 3.63) is 30.6 Å². The lowest BCUT2D eigenvalue weighted by molar-refractivity contribution is -0.696. The summed E-state index contributed by atoms with van der Waals surface area (Å²) in [5.41, 5.74) is 4.84. The van der Waals surface area contributed by atoms with E-state index in [1.54, 1.807) is 0 Å². The Hall–Kier alpha value is -1.14. The summed E-state index contributed by atoms with van der Waals surface area (Å²) in [4.78, 5) is 10.5. The Kier molecular flexibility index (Phi) is 6.75. The fourth-order valence-corrected chi connectivity index (χ4v) is 2.49. The van der Waals surface area contributed by atoms with Crippen LogP contribution in [0.2, 0.25) is 0 Å². The molecule has 0 saturated heterocycles. The van der Waals surface area contributed by atoms with Crippen molar-refractivity contribution in [2.24, 2.45) is 5.73 Å². The molecule has 1 heterocycles. The van der Waals surface area contributed by atoms with Gasteiger partial charge in [0, 0.05) is 18.6 Å². The van der Waals surface area contributed by atoms with E-state index in [1.807, 2.05) is 35.2 Å². The molecular weight excluding hydrogens is 264 g/mol. The van der Waals surface area contributed by atoms with Crippen molar-refractivity contribution in [2.75, 3.05) is 11.5 Å². The zero-order valence-corrected chi connectivity index (χ0v) is 10.8. The number of aromatic nitrogens is 1. The van der Waals surface area contributed by atoms with Gasteiger partial charge in [-0.15, -0.1) is 0 Å². The summed E-state index contributed by atoms with van der Waals surface area (Å²) in [7, 11) is -3.34. The molecule has 5 nitrogen and oxygen atoms in total. The Balaban J connectivity index is 0.00000256. The van der Waals surface area contributed by atoms with Crippen LogP contribution in [0.5, 0.6) is 0 Å². The molecule has 7 heteroatoms. The molecule has 17 heavy (non-hydrogen) atoms. The maximum absolute atomic E-state index is 11.3. The lowest BCUT2D eigenvalue weighted by Gasteiger charge is -1.99.